The second-order valence-corrected chi connectivity index (χ2v) is 4.88. The summed E-state index contributed by atoms with van der Waals surface area (Å²) in [5.74, 6) is -2.23. The van der Waals surface area contributed by atoms with Crippen LogP contribution in [0, 0.1) is 11.6 Å². The normalized spacial score (nSPS) is 10.6. The van der Waals surface area contributed by atoms with Crippen molar-refractivity contribution in [2.24, 2.45) is 0 Å². The van der Waals surface area contributed by atoms with E-state index in [1.54, 1.807) is 24.3 Å². The summed E-state index contributed by atoms with van der Waals surface area (Å²) in [5.41, 5.74) is 0.254. The second-order valence-electron chi connectivity index (χ2n) is 4.88. The van der Waals surface area contributed by atoms with E-state index >= 15 is 0 Å². The third-order valence-corrected chi connectivity index (χ3v) is 3.15. The summed E-state index contributed by atoms with van der Waals surface area (Å²) in [5, 5.41) is 5.16. The van der Waals surface area contributed by atoms with Crippen LogP contribution in [0.4, 0.5) is 8.78 Å². The number of carbonyl (C=O) groups is 2. The fourth-order valence-corrected chi connectivity index (χ4v) is 1.94. The van der Waals surface area contributed by atoms with Crippen LogP contribution in [-0.4, -0.2) is 24.9 Å². The van der Waals surface area contributed by atoms with E-state index < -0.39 is 17.5 Å². The average Bonchev–Trinajstić information content (AvgIpc) is 2.59. The number of amides is 2. The molecule has 24 heavy (non-hydrogen) atoms. The van der Waals surface area contributed by atoms with Gasteiger partial charge in [-0.3, -0.25) is 9.59 Å². The van der Waals surface area contributed by atoms with Gasteiger partial charge in [0.05, 0.1) is 0 Å². The molecule has 124 valence electrons. The monoisotopic (exact) mass is 330 g/mol. The van der Waals surface area contributed by atoms with E-state index in [2.05, 4.69) is 10.6 Å². The van der Waals surface area contributed by atoms with Gasteiger partial charge in [0.25, 0.3) is 5.91 Å². The van der Waals surface area contributed by atoms with Crippen LogP contribution in [0.5, 0.6) is 0 Å². The fourth-order valence-electron chi connectivity index (χ4n) is 1.94. The average molecular weight is 330 g/mol. The Balaban J connectivity index is 1.76. The topological polar surface area (TPSA) is 58.2 Å². The first kappa shape index (κ1) is 17.3. The maximum Gasteiger partial charge on any atom is 0.251 e. The number of benzene rings is 2. The number of rotatable bonds is 6. The molecule has 2 aromatic carbocycles. The molecule has 0 fully saturated rings. The summed E-state index contributed by atoms with van der Waals surface area (Å²) in [6.45, 7) is 0.433. The first-order valence-corrected chi connectivity index (χ1v) is 7.31. The molecule has 6 heteroatoms. The Labute approximate surface area is 138 Å². The van der Waals surface area contributed by atoms with Crippen molar-refractivity contribution < 1.29 is 18.4 Å². The largest absolute Gasteiger partial charge is 0.351 e. The van der Waals surface area contributed by atoms with Crippen LogP contribution in [-0.2, 0) is 4.79 Å². The van der Waals surface area contributed by atoms with E-state index in [0.717, 1.165) is 24.3 Å². The zero-order chi connectivity index (χ0) is 17.4. The summed E-state index contributed by atoms with van der Waals surface area (Å²) in [7, 11) is 0. The van der Waals surface area contributed by atoms with Crippen molar-refractivity contribution >= 4 is 17.9 Å². The van der Waals surface area contributed by atoms with Gasteiger partial charge in [-0.2, -0.15) is 0 Å². The van der Waals surface area contributed by atoms with Gasteiger partial charge in [0.15, 0.2) is 0 Å². The molecule has 0 saturated heterocycles. The molecule has 0 unspecified atom stereocenters. The SMILES string of the molecule is O=C(/C=C/c1c(F)cccc1F)NCCNC(=O)c1ccccc1. The highest BCUT2D eigenvalue weighted by atomic mass is 19.1. The predicted molar refractivity (Wildman–Crippen MR) is 87.2 cm³/mol. The molecule has 0 aliphatic carbocycles. The molecule has 0 saturated carbocycles. The van der Waals surface area contributed by atoms with Crippen LogP contribution < -0.4 is 10.6 Å². The van der Waals surface area contributed by atoms with Gasteiger partial charge in [-0.05, 0) is 30.3 Å². The van der Waals surface area contributed by atoms with Crippen molar-refractivity contribution in [2.45, 2.75) is 0 Å². The quantitative estimate of drug-likeness (QED) is 0.632. The van der Waals surface area contributed by atoms with Gasteiger partial charge in [-0.15, -0.1) is 0 Å². The van der Waals surface area contributed by atoms with E-state index in [0.29, 0.717) is 5.56 Å². The zero-order valence-corrected chi connectivity index (χ0v) is 12.8. The Morgan fingerprint density at radius 2 is 1.50 bits per heavy atom. The van der Waals surface area contributed by atoms with Crippen molar-refractivity contribution in [2.75, 3.05) is 13.1 Å². The molecule has 2 rings (SSSR count). The van der Waals surface area contributed by atoms with Gasteiger partial charge < -0.3 is 10.6 Å². The van der Waals surface area contributed by atoms with Crippen LogP contribution >= 0.6 is 0 Å². The summed E-state index contributed by atoms with van der Waals surface area (Å²) in [4.78, 5) is 23.4. The molecule has 2 N–H and O–H groups in total. The van der Waals surface area contributed by atoms with Crippen LogP contribution in [0.3, 0.4) is 0 Å². The molecule has 0 spiro atoms. The first-order chi connectivity index (χ1) is 11.6. The van der Waals surface area contributed by atoms with Gasteiger partial charge in [0.2, 0.25) is 5.91 Å². The fraction of sp³-hybridized carbons (Fsp3) is 0.111. The lowest BCUT2D eigenvalue weighted by atomic mass is 10.2. The zero-order valence-electron chi connectivity index (χ0n) is 12.8. The van der Waals surface area contributed by atoms with Crippen LogP contribution in [0.1, 0.15) is 15.9 Å². The molecule has 2 amide bonds. The smallest absolute Gasteiger partial charge is 0.251 e. The van der Waals surface area contributed by atoms with Crippen molar-refractivity contribution in [1.29, 1.82) is 0 Å². The Morgan fingerprint density at radius 1 is 0.875 bits per heavy atom. The van der Waals surface area contributed by atoms with Gasteiger partial charge in [0, 0.05) is 30.3 Å². The Bertz CT molecular complexity index is 726. The number of nitrogens with one attached hydrogen (secondary N) is 2. The molecule has 0 aliphatic heterocycles. The number of carbonyl (C=O) groups excluding carboxylic acids is 2. The molecule has 0 radical (unpaired) electrons. The minimum atomic E-state index is -0.742. The lowest BCUT2D eigenvalue weighted by molar-refractivity contribution is -0.116. The van der Waals surface area contributed by atoms with Crippen molar-refractivity contribution in [3.05, 3.63) is 77.4 Å². The van der Waals surface area contributed by atoms with Gasteiger partial charge in [0.1, 0.15) is 11.6 Å². The lowest BCUT2D eigenvalue weighted by Crippen LogP contribution is -2.33. The summed E-state index contributed by atoms with van der Waals surface area (Å²) in [6, 6.07) is 12.1. The number of hydrogen-bond acceptors (Lipinski definition) is 2. The lowest BCUT2D eigenvalue weighted by Gasteiger charge is -2.05. The number of halogens is 2. The predicted octanol–water partition coefficient (Wildman–Crippen LogP) is 2.52. The van der Waals surface area contributed by atoms with E-state index in [1.807, 2.05) is 6.07 Å². The minimum absolute atomic E-state index is 0.196. The molecule has 4 nitrogen and oxygen atoms in total. The second kappa shape index (κ2) is 8.57. The third kappa shape index (κ3) is 5.01. The summed E-state index contributed by atoms with van der Waals surface area (Å²) >= 11 is 0. The number of hydrogen-bond donors (Lipinski definition) is 2. The molecule has 0 bridgehead atoms. The molecule has 0 aliphatic rings. The molecule has 0 aromatic heterocycles. The molecule has 0 heterocycles. The Morgan fingerprint density at radius 3 is 2.17 bits per heavy atom. The van der Waals surface area contributed by atoms with Crippen molar-refractivity contribution in [3.8, 4) is 0 Å². The highest BCUT2D eigenvalue weighted by Gasteiger charge is 2.06. The molecule has 0 atom stereocenters. The van der Waals surface area contributed by atoms with Crippen molar-refractivity contribution in [3.63, 3.8) is 0 Å². The van der Waals surface area contributed by atoms with E-state index in [4.69, 9.17) is 0 Å². The molecular formula is C18H16F2N2O2. The van der Waals surface area contributed by atoms with Gasteiger partial charge >= 0.3 is 0 Å². The van der Waals surface area contributed by atoms with Gasteiger partial charge in [-0.1, -0.05) is 24.3 Å². The van der Waals surface area contributed by atoms with E-state index in [9.17, 15) is 18.4 Å². The maximum absolute atomic E-state index is 13.4. The molecule has 2 aromatic rings. The van der Waals surface area contributed by atoms with E-state index in [1.165, 1.54) is 6.07 Å². The van der Waals surface area contributed by atoms with Gasteiger partial charge in [-0.25, -0.2) is 8.78 Å². The Hall–Kier alpha value is -3.02. The highest BCUT2D eigenvalue weighted by molar-refractivity contribution is 5.94. The highest BCUT2D eigenvalue weighted by Crippen LogP contribution is 2.13. The van der Waals surface area contributed by atoms with Crippen LogP contribution in [0.2, 0.25) is 0 Å². The third-order valence-electron chi connectivity index (χ3n) is 3.15. The minimum Gasteiger partial charge on any atom is -0.351 e. The standard InChI is InChI=1S/C18H16F2N2O2/c19-15-7-4-8-16(20)14(15)9-10-17(23)21-11-12-22-18(24)13-5-2-1-3-6-13/h1-10H,11-12H2,(H,21,23)(H,22,24)/b10-9+. The molecular weight excluding hydrogens is 314 g/mol. The summed E-state index contributed by atoms with van der Waals surface area (Å²) < 4.78 is 26.8. The first-order valence-electron chi connectivity index (χ1n) is 7.31. The van der Waals surface area contributed by atoms with Crippen LogP contribution in [0.25, 0.3) is 6.08 Å². The summed E-state index contributed by atoms with van der Waals surface area (Å²) in [6.07, 6.45) is 2.11. The van der Waals surface area contributed by atoms with E-state index in [-0.39, 0.29) is 24.6 Å². The van der Waals surface area contributed by atoms with Crippen LogP contribution in [0.15, 0.2) is 54.6 Å². The van der Waals surface area contributed by atoms with Crippen molar-refractivity contribution in [1.82, 2.24) is 10.6 Å². The maximum atomic E-state index is 13.4. The Kier molecular flexibility index (Phi) is 6.19.